The van der Waals surface area contributed by atoms with Crippen LogP contribution in [-0.4, -0.2) is 22.7 Å². The van der Waals surface area contributed by atoms with E-state index >= 15 is 0 Å². The van der Waals surface area contributed by atoms with Crippen molar-refractivity contribution in [3.05, 3.63) is 77.1 Å². The predicted molar refractivity (Wildman–Crippen MR) is 122 cm³/mol. The van der Waals surface area contributed by atoms with E-state index in [0.29, 0.717) is 27.9 Å². The second-order valence-corrected chi connectivity index (χ2v) is 7.26. The Hall–Kier alpha value is -3.62. The van der Waals surface area contributed by atoms with E-state index in [9.17, 15) is 14.4 Å². The average molecular weight is 473 g/mol. The third-order valence-corrected chi connectivity index (χ3v) is 4.76. The number of anilines is 2. The minimum Gasteiger partial charge on any atom is -0.457 e. The Kier molecular flexibility index (Phi) is 7.64. The molecule has 8 nitrogen and oxygen atoms in total. The molecule has 3 aromatic rings. The number of amides is 3. The third-order valence-electron chi connectivity index (χ3n) is 4.18. The highest BCUT2D eigenvalue weighted by Gasteiger charge is 2.12. The molecule has 0 aliphatic carbocycles. The zero-order chi connectivity index (χ0) is 23.1. The van der Waals surface area contributed by atoms with Gasteiger partial charge < -0.3 is 15.4 Å². The van der Waals surface area contributed by atoms with Crippen LogP contribution in [0.5, 0.6) is 11.5 Å². The number of pyridine rings is 1. The molecule has 0 bridgehead atoms. The maximum Gasteiger partial charge on any atom is 0.284 e. The monoisotopic (exact) mass is 472 g/mol. The fourth-order valence-corrected chi connectivity index (χ4v) is 2.92. The van der Waals surface area contributed by atoms with Gasteiger partial charge in [0.2, 0.25) is 11.8 Å². The summed E-state index contributed by atoms with van der Waals surface area (Å²) in [6.45, 7) is 1.85. The number of carbonyl (C=O) groups is 3. The molecule has 2 aromatic carbocycles. The number of nitrogens with zero attached hydrogens (tertiary/aromatic N) is 1. The van der Waals surface area contributed by atoms with E-state index < -0.39 is 17.7 Å². The first-order valence-corrected chi connectivity index (χ1v) is 10.1. The summed E-state index contributed by atoms with van der Waals surface area (Å²) in [5.74, 6) is -0.774. The second kappa shape index (κ2) is 10.6. The van der Waals surface area contributed by atoms with Gasteiger partial charge in [-0.1, -0.05) is 23.7 Å². The quantitative estimate of drug-likeness (QED) is 0.341. The lowest BCUT2D eigenvalue weighted by molar-refractivity contribution is -0.123. The lowest BCUT2D eigenvalue weighted by Crippen LogP contribution is -2.21. The fourth-order valence-electron chi connectivity index (χ4n) is 2.65. The highest BCUT2D eigenvalue weighted by Crippen LogP contribution is 2.25. The molecule has 1 aromatic heterocycles. The molecule has 0 radical (unpaired) electrons. The van der Waals surface area contributed by atoms with Gasteiger partial charge >= 0.3 is 0 Å². The third kappa shape index (κ3) is 6.44. The highest BCUT2D eigenvalue weighted by atomic mass is 35.5. The zero-order valence-corrected chi connectivity index (χ0v) is 18.3. The van der Waals surface area contributed by atoms with Crippen molar-refractivity contribution in [1.29, 1.82) is 0 Å². The second-order valence-electron chi connectivity index (χ2n) is 6.67. The van der Waals surface area contributed by atoms with Gasteiger partial charge in [0.25, 0.3) is 5.91 Å². The molecule has 32 heavy (non-hydrogen) atoms. The van der Waals surface area contributed by atoms with Crippen molar-refractivity contribution < 1.29 is 19.1 Å². The topological polar surface area (TPSA) is 109 Å². The molecule has 3 N–H and O–H groups in total. The van der Waals surface area contributed by atoms with Crippen molar-refractivity contribution >= 4 is 52.5 Å². The molecule has 0 unspecified atom stereocenters. The molecule has 0 saturated heterocycles. The van der Waals surface area contributed by atoms with Gasteiger partial charge in [-0.05, 0) is 42.8 Å². The lowest BCUT2D eigenvalue weighted by atomic mass is 10.2. The minimum absolute atomic E-state index is 0.0860. The predicted octanol–water partition coefficient (Wildman–Crippen LogP) is 4.69. The summed E-state index contributed by atoms with van der Waals surface area (Å²) in [6.07, 6.45) is 1.03. The van der Waals surface area contributed by atoms with Crippen LogP contribution in [0.3, 0.4) is 0 Å². The molecule has 10 heteroatoms. The first kappa shape index (κ1) is 23.1. The summed E-state index contributed by atoms with van der Waals surface area (Å²) in [7, 11) is 0. The van der Waals surface area contributed by atoms with E-state index in [2.05, 4.69) is 15.6 Å². The lowest BCUT2D eigenvalue weighted by Gasteiger charge is -2.10. The number of halogens is 2. The standard InChI is InChI=1S/C22H18Cl2N4O4/c1-13-5-6-15(10-18(13)23)27-21(30)12-20(29)26-14-3-2-4-16(9-14)32-17-7-8-25-19(11-17)22(31)28-24/h2-11H,12H2,1H3,(H,26,29)(H,27,30)(H,28,31). The van der Waals surface area contributed by atoms with Gasteiger partial charge in [0, 0.05) is 46.5 Å². The first-order valence-electron chi connectivity index (χ1n) is 9.35. The minimum atomic E-state index is -0.565. The van der Waals surface area contributed by atoms with E-state index in [1.54, 1.807) is 48.5 Å². The Balaban J connectivity index is 1.59. The number of ether oxygens (including phenoxy) is 1. The van der Waals surface area contributed by atoms with E-state index in [4.69, 9.17) is 28.1 Å². The Labute approximate surface area is 194 Å². The summed E-state index contributed by atoms with van der Waals surface area (Å²) in [4.78, 5) is 41.8. The first-order chi connectivity index (χ1) is 15.3. The number of hydrogen-bond donors (Lipinski definition) is 3. The SMILES string of the molecule is Cc1ccc(NC(=O)CC(=O)Nc2cccc(Oc3ccnc(C(=O)NCl)c3)c2)cc1Cl. The largest absolute Gasteiger partial charge is 0.457 e. The van der Waals surface area contributed by atoms with Crippen LogP contribution in [0.2, 0.25) is 5.02 Å². The van der Waals surface area contributed by atoms with Gasteiger partial charge in [-0.25, -0.2) is 0 Å². The van der Waals surface area contributed by atoms with Gasteiger partial charge in [0.15, 0.2) is 0 Å². The Morgan fingerprint density at radius 3 is 2.31 bits per heavy atom. The average Bonchev–Trinajstić information content (AvgIpc) is 2.76. The number of nitrogens with one attached hydrogen (secondary N) is 3. The van der Waals surface area contributed by atoms with Gasteiger partial charge in [0.05, 0.1) is 0 Å². The van der Waals surface area contributed by atoms with Crippen molar-refractivity contribution in [1.82, 2.24) is 9.82 Å². The van der Waals surface area contributed by atoms with Crippen LogP contribution >= 0.6 is 23.4 Å². The molecule has 0 aliphatic heterocycles. The summed E-state index contributed by atoms with van der Waals surface area (Å²) in [5.41, 5.74) is 1.91. The van der Waals surface area contributed by atoms with Gasteiger partial charge in [-0.15, -0.1) is 0 Å². The maximum atomic E-state index is 12.3. The van der Waals surface area contributed by atoms with Gasteiger partial charge in [-0.3, -0.25) is 24.2 Å². The molecule has 1 heterocycles. The van der Waals surface area contributed by atoms with Crippen molar-refractivity contribution in [2.45, 2.75) is 13.3 Å². The Bertz CT molecular complexity index is 1170. The molecule has 0 saturated carbocycles. The van der Waals surface area contributed by atoms with Crippen LogP contribution < -0.4 is 20.2 Å². The van der Waals surface area contributed by atoms with Crippen molar-refractivity contribution in [3.63, 3.8) is 0 Å². The summed E-state index contributed by atoms with van der Waals surface area (Å²) >= 11 is 11.4. The number of aromatic nitrogens is 1. The van der Waals surface area contributed by atoms with Crippen LogP contribution in [-0.2, 0) is 9.59 Å². The maximum absolute atomic E-state index is 12.3. The van der Waals surface area contributed by atoms with Crippen LogP contribution in [0.4, 0.5) is 11.4 Å². The molecule has 0 fully saturated rings. The summed E-state index contributed by atoms with van der Waals surface area (Å²) < 4.78 is 5.71. The van der Waals surface area contributed by atoms with E-state index in [-0.39, 0.29) is 12.1 Å². The highest BCUT2D eigenvalue weighted by molar-refractivity contribution is 6.31. The molecule has 0 aliphatic rings. The molecule has 0 spiro atoms. The Morgan fingerprint density at radius 2 is 1.62 bits per heavy atom. The smallest absolute Gasteiger partial charge is 0.284 e. The fraction of sp³-hybridized carbons (Fsp3) is 0.0909. The number of benzene rings is 2. The number of aryl methyl sites for hydroxylation is 1. The molecular formula is C22H18Cl2N4O4. The molecule has 3 amide bonds. The molecular weight excluding hydrogens is 455 g/mol. The number of hydrogen-bond acceptors (Lipinski definition) is 5. The van der Waals surface area contributed by atoms with Crippen LogP contribution in [0, 0.1) is 6.92 Å². The normalized spacial score (nSPS) is 10.2. The van der Waals surface area contributed by atoms with Crippen molar-refractivity contribution in [2.24, 2.45) is 0 Å². The van der Waals surface area contributed by atoms with Gasteiger partial charge in [0.1, 0.15) is 23.6 Å². The summed E-state index contributed by atoms with van der Waals surface area (Å²) in [6, 6.07) is 14.7. The number of carbonyl (C=O) groups excluding carboxylic acids is 3. The summed E-state index contributed by atoms with van der Waals surface area (Å²) in [5, 5.41) is 5.80. The molecule has 164 valence electrons. The zero-order valence-electron chi connectivity index (χ0n) is 16.8. The van der Waals surface area contributed by atoms with E-state index in [1.807, 2.05) is 11.8 Å². The van der Waals surface area contributed by atoms with Crippen molar-refractivity contribution in [2.75, 3.05) is 10.6 Å². The van der Waals surface area contributed by atoms with Crippen LogP contribution in [0.1, 0.15) is 22.5 Å². The van der Waals surface area contributed by atoms with Gasteiger partial charge in [-0.2, -0.15) is 0 Å². The van der Waals surface area contributed by atoms with E-state index in [1.165, 1.54) is 12.3 Å². The van der Waals surface area contributed by atoms with Crippen LogP contribution in [0.15, 0.2) is 60.8 Å². The number of rotatable bonds is 7. The Morgan fingerprint density at radius 1 is 0.938 bits per heavy atom. The van der Waals surface area contributed by atoms with Crippen molar-refractivity contribution in [3.8, 4) is 11.5 Å². The van der Waals surface area contributed by atoms with Crippen LogP contribution in [0.25, 0.3) is 0 Å². The molecule has 3 rings (SSSR count). The molecule has 0 atom stereocenters. The van der Waals surface area contributed by atoms with E-state index in [0.717, 1.165) is 5.56 Å².